The molecule has 0 unspecified atom stereocenters. The van der Waals surface area contributed by atoms with Crippen LogP contribution in [0, 0.1) is 0 Å². The third kappa shape index (κ3) is 3.52. The molecule has 0 spiro atoms. The number of amides is 1. The molecule has 0 saturated carbocycles. The smallest absolute Gasteiger partial charge is 0.250 e. The predicted octanol–water partition coefficient (Wildman–Crippen LogP) is 1.58. The Morgan fingerprint density at radius 1 is 1.50 bits per heavy atom. The lowest BCUT2D eigenvalue weighted by atomic mass is 10.4. The summed E-state index contributed by atoms with van der Waals surface area (Å²) in [6.45, 7) is 1.51. The van der Waals surface area contributed by atoms with Crippen LogP contribution in [-0.2, 0) is 14.6 Å². The molecule has 0 aliphatic carbocycles. The fourth-order valence-corrected chi connectivity index (χ4v) is 3.19. The van der Waals surface area contributed by atoms with E-state index in [2.05, 4.69) is 15.5 Å². The minimum atomic E-state index is -3.40. The van der Waals surface area contributed by atoms with Crippen LogP contribution in [0.1, 0.15) is 12.7 Å². The van der Waals surface area contributed by atoms with Gasteiger partial charge in [0.15, 0.2) is 0 Å². The Labute approximate surface area is 119 Å². The summed E-state index contributed by atoms with van der Waals surface area (Å²) in [7, 11) is -3.40. The first kappa shape index (κ1) is 14.4. The van der Waals surface area contributed by atoms with Crippen molar-refractivity contribution in [1.29, 1.82) is 0 Å². The SMILES string of the molecule is CCS(=O)(=O)c1nnc(NC(=O)/C=C/c2ccco2)s1. The molecule has 0 atom stereocenters. The van der Waals surface area contributed by atoms with Crippen molar-refractivity contribution < 1.29 is 17.6 Å². The highest BCUT2D eigenvalue weighted by molar-refractivity contribution is 7.93. The number of hydrogen-bond acceptors (Lipinski definition) is 7. The van der Waals surface area contributed by atoms with Gasteiger partial charge >= 0.3 is 0 Å². The number of nitrogens with one attached hydrogen (secondary N) is 1. The van der Waals surface area contributed by atoms with Gasteiger partial charge in [-0.3, -0.25) is 10.1 Å². The zero-order valence-corrected chi connectivity index (χ0v) is 12.1. The van der Waals surface area contributed by atoms with E-state index in [1.807, 2.05) is 0 Å². The van der Waals surface area contributed by atoms with Gasteiger partial charge in [-0.1, -0.05) is 18.3 Å². The first-order valence-electron chi connectivity index (χ1n) is 5.60. The van der Waals surface area contributed by atoms with Crippen LogP contribution in [0.3, 0.4) is 0 Å². The monoisotopic (exact) mass is 313 g/mol. The van der Waals surface area contributed by atoms with E-state index in [1.165, 1.54) is 25.3 Å². The number of sulfone groups is 1. The van der Waals surface area contributed by atoms with Gasteiger partial charge in [0, 0.05) is 6.08 Å². The van der Waals surface area contributed by atoms with Crippen LogP contribution in [-0.4, -0.2) is 30.3 Å². The van der Waals surface area contributed by atoms with Gasteiger partial charge in [0.05, 0.1) is 12.0 Å². The molecule has 0 aliphatic rings. The number of hydrogen-bond donors (Lipinski definition) is 1. The van der Waals surface area contributed by atoms with E-state index in [9.17, 15) is 13.2 Å². The molecule has 20 heavy (non-hydrogen) atoms. The molecule has 106 valence electrons. The topological polar surface area (TPSA) is 102 Å². The Kier molecular flexibility index (Phi) is 4.30. The molecule has 9 heteroatoms. The second-order valence-electron chi connectivity index (χ2n) is 3.61. The van der Waals surface area contributed by atoms with Gasteiger partial charge < -0.3 is 4.42 Å². The highest BCUT2D eigenvalue weighted by Crippen LogP contribution is 2.20. The highest BCUT2D eigenvalue weighted by Gasteiger charge is 2.18. The van der Waals surface area contributed by atoms with Crippen molar-refractivity contribution in [2.75, 3.05) is 11.1 Å². The van der Waals surface area contributed by atoms with Crippen molar-refractivity contribution in [1.82, 2.24) is 10.2 Å². The van der Waals surface area contributed by atoms with Crippen LogP contribution in [0.5, 0.6) is 0 Å². The number of nitrogens with zero attached hydrogens (tertiary/aromatic N) is 2. The zero-order valence-electron chi connectivity index (χ0n) is 10.4. The number of rotatable bonds is 5. The zero-order chi connectivity index (χ0) is 14.6. The maximum absolute atomic E-state index is 11.6. The van der Waals surface area contributed by atoms with Crippen molar-refractivity contribution in [3.05, 3.63) is 30.2 Å². The van der Waals surface area contributed by atoms with Gasteiger partial charge in [-0.25, -0.2) is 8.42 Å². The largest absolute Gasteiger partial charge is 0.465 e. The van der Waals surface area contributed by atoms with Gasteiger partial charge in [0.1, 0.15) is 5.76 Å². The van der Waals surface area contributed by atoms with Gasteiger partial charge in [-0.2, -0.15) is 0 Å². The molecule has 0 radical (unpaired) electrons. The molecular weight excluding hydrogens is 302 g/mol. The molecule has 2 aromatic heterocycles. The van der Waals surface area contributed by atoms with Crippen LogP contribution in [0.25, 0.3) is 6.08 Å². The molecule has 2 aromatic rings. The lowest BCUT2D eigenvalue weighted by molar-refractivity contribution is -0.111. The minimum Gasteiger partial charge on any atom is -0.465 e. The molecule has 1 amide bonds. The predicted molar refractivity (Wildman–Crippen MR) is 74.0 cm³/mol. The van der Waals surface area contributed by atoms with E-state index in [1.54, 1.807) is 12.1 Å². The minimum absolute atomic E-state index is 0.0615. The van der Waals surface area contributed by atoms with Crippen LogP contribution in [0.4, 0.5) is 5.13 Å². The first-order valence-corrected chi connectivity index (χ1v) is 8.07. The molecule has 0 aliphatic heterocycles. The summed E-state index contributed by atoms with van der Waals surface area (Å²) >= 11 is 0.817. The second-order valence-corrected chi connectivity index (χ2v) is 7.04. The van der Waals surface area contributed by atoms with Crippen molar-refractivity contribution >= 4 is 38.3 Å². The lowest BCUT2D eigenvalue weighted by Crippen LogP contribution is -2.07. The van der Waals surface area contributed by atoms with Gasteiger partial charge in [-0.15, -0.1) is 10.2 Å². The molecule has 2 heterocycles. The van der Waals surface area contributed by atoms with Crippen LogP contribution in [0.2, 0.25) is 0 Å². The van der Waals surface area contributed by atoms with E-state index in [4.69, 9.17) is 4.42 Å². The van der Waals surface area contributed by atoms with Crippen molar-refractivity contribution in [2.45, 2.75) is 11.3 Å². The van der Waals surface area contributed by atoms with Gasteiger partial charge in [0.25, 0.3) is 0 Å². The standard InChI is InChI=1S/C11H11N3O4S2/c1-2-20(16,17)11-14-13-10(19-11)12-9(15)6-5-8-4-3-7-18-8/h3-7H,2H2,1H3,(H,12,13,15)/b6-5+. The Morgan fingerprint density at radius 2 is 2.30 bits per heavy atom. The average Bonchev–Trinajstić information content (AvgIpc) is 3.07. The fraction of sp³-hybridized carbons (Fsp3) is 0.182. The third-order valence-electron chi connectivity index (χ3n) is 2.22. The van der Waals surface area contributed by atoms with Gasteiger partial charge in [0.2, 0.25) is 25.2 Å². The van der Waals surface area contributed by atoms with Crippen LogP contribution >= 0.6 is 11.3 Å². The van der Waals surface area contributed by atoms with E-state index in [-0.39, 0.29) is 15.2 Å². The van der Waals surface area contributed by atoms with E-state index in [0.29, 0.717) is 5.76 Å². The first-order chi connectivity index (χ1) is 9.51. The molecule has 7 nitrogen and oxygen atoms in total. The van der Waals surface area contributed by atoms with Crippen molar-refractivity contribution in [3.8, 4) is 0 Å². The summed E-state index contributed by atoms with van der Waals surface area (Å²) in [6, 6.07) is 3.39. The Balaban J connectivity index is 2.02. The third-order valence-corrected chi connectivity index (χ3v) is 5.24. The van der Waals surface area contributed by atoms with Crippen molar-refractivity contribution in [3.63, 3.8) is 0 Å². The Morgan fingerprint density at radius 3 is 2.95 bits per heavy atom. The van der Waals surface area contributed by atoms with Gasteiger partial charge in [-0.05, 0) is 18.2 Å². The Hall–Kier alpha value is -2.00. The normalized spacial score (nSPS) is 11.8. The number of carbonyl (C=O) groups is 1. The summed E-state index contributed by atoms with van der Waals surface area (Å²) in [5.74, 6) is 0.0261. The molecule has 1 N–H and O–H groups in total. The van der Waals surface area contributed by atoms with E-state index in [0.717, 1.165) is 11.3 Å². The Bertz CT molecular complexity index is 717. The average molecular weight is 313 g/mol. The quantitative estimate of drug-likeness (QED) is 0.664. The molecular formula is C11H11N3O4S2. The summed E-state index contributed by atoms with van der Waals surface area (Å²) in [5.41, 5.74) is 0. The molecule has 2 rings (SSSR count). The van der Waals surface area contributed by atoms with E-state index >= 15 is 0 Å². The maximum atomic E-state index is 11.6. The molecule has 0 fully saturated rings. The van der Waals surface area contributed by atoms with Crippen LogP contribution in [0.15, 0.2) is 33.2 Å². The summed E-state index contributed by atoms with van der Waals surface area (Å²) in [6.07, 6.45) is 4.23. The maximum Gasteiger partial charge on any atom is 0.250 e. The molecule has 0 saturated heterocycles. The number of aromatic nitrogens is 2. The lowest BCUT2D eigenvalue weighted by Gasteiger charge is -1.94. The number of anilines is 1. The summed E-state index contributed by atoms with van der Waals surface area (Å²) in [4.78, 5) is 11.6. The van der Waals surface area contributed by atoms with E-state index < -0.39 is 15.7 Å². The summed E-state index contributed by atoms with van der Waals surface area (Å²) < 4.78 is 28.0. The number of furan rings is 1. The summed E-state index contributed by atoms with van der Waals surface area (Å²) in [5, 5.41) is 9.73. The second kappa shape index (κ2) is 5.97. The van der Waals surface area contributed by atoms with Crippen LogP contribution < -0.4 is 5.32 Å². The number of carbonyl (C=O) groups excluding carboxylic acids is 1. The van der Waals surface area contributed by atoms with Crippen molar-refractivity contribution in [2.24, 2.45) is 0 Å². The molecule has 0 bridgehead atoms. The highest BCUT2D eigenvalue weighted by atomic mass is 32.2. The fourth-order valence-electron chi connectivity index (χ4n) is 1.20. The molecule has 0 aromatic carbocycles.